The Morgan fingerprint density at radius 1 is 0.771 bits per heavy atom. The van der Waals surface area contributed by atoms with Gasteiger partial charge in [0.2, 0.25) is 13.5 Å². The lowest BCUT2D eigenvalue weighted by molar-refractivity contribution is -0.124. The first-order chi connectivity index (χ1) is 17.7. The van der Waals surface area contributed by atoms with Crippen molar-refractivity contribution in [1.82, 2.24) is 0 Å². The molecule has 188 valence electrons. The number of hydrogen-bond donors (Lipinski definition) is 0. The minimum Gasteiger partial charge on any atom is -0.454 e. The zero-order chi connectivity index (χ0) is 29.8. The van der Waals surface area contributed by atoms with Crippen LogP contribution in [0.3, 0.4) is 0 Å². The van der Waals surface area contributed by atoms with Crippen molar-refractivity contribution < 1.29 is 38.8 Å². The van der Waals surface area contributed by atoms with Gasteiger partial charge in [-0.05, 0) is 48.9 Å². The molecule has 0 unspecified atom stereocenters. The molecule has 2 heterocycles. The number of ether oxygens (including phenoxy) is 4. The van der Waals surface area contributed by atoms with Crippen molar-refractivity contribution in [2.45, 2.75) is 48.5 Å². The molecule has 0 aliphatic carbocycles. The first-order valence-electron chi connectivity index (χ1n) is 13.0. The molecule has 4 rings (SSSR count). The first kappa shape index (κ1) is 21.9. The molecule has 0 aromatic heterocycles. The minimum absolute atomic E-state index is 0.0282. The molecule has 0 saturated carbocycles. The van der Waals surface area contributed by atoms with E-state index in [1.165, 1.54) is 24.3 Å². The second-order valence-corrected chi connectivity index (χ2v) is 9.86. The van der Waals surface area contributed by atoms with Gasteiger partial charge in [-0.2, -0.15) is 0 Å². The highest BCUT2D eigenvalue weighted by Gasteiger charge is 2.18. The van der Waals surface area contributed by atoms with E-state index in [1.54, 1.807) is 31.2 Å². The maximum absolute atomic E-state index is 11.8. The SMILES string of the molecule is CC(=O)C(C)(C)C.[2H]C1([2H])Oc2ccc(/C=C/C(=O)C(C)(C)C)cc2O1.[2H]C1([2H])Oc2ccc(C=O)cc2O1. The maximum Gasteiger partial charge on any atom is 0.231 e. The molecule has 0 saturated heterocycles. The Labute approximate surface area is 212 Å². The third-order valence-corrected chi connectivity index (χ3v) is 4.90. The number of carbonyl (C=O) groups is 3. The van der Waals surface area contributed by atoms with Crippen molar-refractivity contribution >= 4 is 23.9 Å². The lowest BCUT2D eigenvalue weighted by atomic mass is 9.90. The summed E-state index contributed by atoms with van der Waals surface area (Å²) < 4.78 is 48.5. The van der Waals surface area contributed by atoms with Gasteiger partial charge in [-0.25, -0.2) is 0 Å². The van der Waals surface area contributed by atoms with Crippen molar-refractivity contribution in [2.24, 2.45) is 10.8 Å². The van der Waals surface area contributed by atoms with Gasteiger partial charge in [0.15, 0.2) is 28.8 Å². The molecule has 2 aliphatic rings. The van der Waals surface area contributed by atoms with E-state index in [0.29, 0.717) is 29.1 Å². The molecule has 0 fully saturated rings. The average Bonchev–Trinajstić information content (AvgIpc) is 3.28. The fourth-order valence-electron chi connectivity index (χ4n) is 2.20. The summed E-state index contributed by atoms with van der Waals surface area (Å²) in [5.41, 5.74) is 0.641. The van der Waals surface area contributed by atoms with Crippen LogP contribution in [0.2, 0.25) is 0 Å². The van der Waals surface area contributed by atoms with Gasteiger partial charge in [0.1, 0.15) is 17.6 Å². The van der Waals surface area contributed by atoms with E-state index in [-0.39, 0.29) is 22.7 Å². The molecule has 0 atom stereocenters. The molecule has 35 heavy (non-hydrogen) atoms. The fraction of sp³-hybridized carbons (Fsp3) is 0.393. The number of Topliss-reactive ketones (excluding diaryl/α,β-unsaturated/α-hetero) is 1. The quantitative estimate of drug-likeness (QED) is 0.395. The highest BCUT2D eigenvalue weighted by Crippen LogP contribution is 2.33. The van der Waals surface area contributed by atoms with Gasteiger partial charge in [0.25, 0.3) is 0 Å². The second-order valence-electron chi connectivity index (χ2n) is 9.86. The zero-order valence-electron chi connectivity index (χ0n) is 25.1. The van der Waals surface area contributed by atoms with Gasteiger partial charge in [-0.3, -0.25) is 14.4 Å². The van der Waals surface area contributed by atoms with Crippen LogP contribution in [-0.2, 0) is 9.59 Å². The van der Waals surface area contributed by atoms with Crippen molar-refractivity contribution in [3.63, 3.8) is 0 Å². The Kier molecular flexibility index (Phi) is 7.31. The molecule has 2 aliphatic heterocycles. The highest BCUT2D eigenvalue weighted by atomic mass is 16.7. The number of rotatable bonds is 3. The molecule has 0 radical (unpaired) electrons. The highest BCUT2D eigenvalue weighted by molar-refractivity contribution is 5.97. The van der Waals surface area contributed by atoms with E-state index in [1.807, 2.05) is 41.5 Å². The van der Waals surface area contributed by atoms with E-state index < -0.39 is 18.9 Å². The summed E-state index contributed by atoms with van der Waals surface area (Å²) in [5.74, 6) is 1.55. The second kappa shape index (κ2) is 11.7. The Bertz CT molecular complexity index is 1260. The monoisotopic (exact) mass is 486 g/mol. The summed E-state index contributed by atoms with van der Waals surface area (Å²) in [6, 6.07) is 9.50. The molecule has 0 spiro atoms. The standard InChI is InChI=1S/C14H16O3.C8H6O3.C6H12O/c1-14(2,3)13(15)7-5-10-4-6-11-12(8-10)17-9-16-11;9-4-6-1-2-7-8(3-6)11-5-10-7;1-5(7)6(2,3)4/h4-8H,9H2,1-3H3;1-4H,5H2;1-4H3/b7-5+;;/i9D2;5D2;. The van der Waals surface area contributed by atoms with Crippen molar-refractivity contribution in [1.29, 1.82) is 0 Å². The molecule has 0 amide bonds. The lowest BCUT2D eigenvalue weighted by Gasteiger charge is -2.12. The molecular weight excluding hydrogens is 448 g/mol. The van der Waals surface area contributed by atoms with E-state index in [0.717, 1.165) is 5.56 Å². The summed E-state index contributed by atoms with van der Waals surface area (Å²) in [7, 11) is 0. The molecule has 7 nitrogen and oxygen atoms in total. The Morgan fingerprint density at radius 3 is 1.63 bits per heavy atom. The Hall–Kier alpha value is -3.61. The number of benzene rings is 2. The average molecular weight is 487 g/mol. The van der Waals surface area contributed by atoms with Crippen LogP contribution in [0.5, 0.6) is 23.0 Å². The number of ketones is 2. The molecule has 0 bridgehead atoms. The van der Waals surface area contributed by atoms with Crippen molar-refractivity contribution in [3.05, 3.63) is 53.6 Å². The largest absolute Gasteiger partial charge is 0.454 e. The third kappa shape index (κ3) is 8.59. The number of hydrogen-bond acceptors (Lipinski definition) is 7. The summed E-state index contributed by atoms with van der Waals surface area (Å²) in [5, 5.41) is 0. The topological polar surface area (TPSA) is 88.1 Å². The molecule has 2 aromatic carbocycles. The number of allylic oxidation sites excluding steroid dienone is 1. The van der Waals surface area contributed by atoms with Crippen molar-refractivity contribution in [3.8, 4) is 23.0 Å². The number of carbonyl (C=O) groups excluding carboxylic acids is 3. The van der Waals surface area contributed by atoms with E-state index in [9.17, 15) is 14.4 Å². The number of fused-ring (bicyclic) bond motifs is 2. The van der Waals surface area contributed by atoms with Crippen molar-refractivity contribution in [2.75, 3.05) is 13.5 Å². The molecule has 0 N–H and O–H groups in total. The summed E-state index contributed by atoms with van der Waals surface area (Å²) in [6.07, 6.45) is 3.87. The predicted molar refractivity (Wildman–Crippen MR) is 134 cm³/mol. The molecule has 7 heteroatoms. The Balaban J connectivity index is 0.000000230. The van der Waals surface area contributed by atoms with Crippen LogP contribution in [0, 0.1) is 10.8 Å². The van der Waals surface area contributed by atoms with Gasteiger partial charge in [-0.15, -0.1) is 0 Å². The van der Waals surface area contributed by atoms with Crippen LogP contribution < -0.4 is 18.9 Å². The minimum atomic E-state index is -2.12. The van der Waals surface area contributed by atoms with E-state index >= 15 is 0 Å². The van der Waals surface area contributed by atoms with Gasteiger partial charge in [0, 0.05) is 16.4 Å². The van der Waals surface area contributed by atoms with Crippen LogP contribution in [0.25, 0.3) is 6.08 Å². The first-order valence-corrected chi connectivity index (χ1v) is 11.0. The zero-order valence-corrected chi connectivity index (χ0v) is 21.1. The van der Waals surface area contributed by atoms with Crippen LogP contribution in [-0.4, -0.2) is 31.3 Å². The number of aldehydes is 1. The van der Waals surface area contributed by atoms with Crippen LogP contribution >= 0.6 is 0 Å². The normalized spacial score (nSPS) is 17.9. The molecule has 2 aromatic rings. The summed E-state index contributed by atoms with van der Waals surface area (Å²) in [4.78, 5) is 32.6. The lowest BCUT2D eigenvalue weighted by Crippen LogP contribution is -2.17. The predicted octanol–water partition coefficient (Wildman–Crippen LogP) is 5.89. The smallest absolute Gasteiger partial charge is 0.231 e. The van der Waals surface area contributed by atoms with Gasteiger partial charge in [0.05, 0.1) is 0 Å². The van der Waals surface area contributed by atoms with Crippen LogP contribution in [0.15, 0.2) is 42.5 Å². The summed E-state index contributed by atoms with van der Waals surface area (Å²) >= 11 is 0. The molecular formula is C28H34O7. The Morgan fingerprint density at radius 2 is 1.20 bits per heavy atom. The van der Waals surface area contributed by atoms with Gasteiger partial charge < -0.3 is 18.9 Å². The van der Waals surface area contributed by atoms with Crippen LogP contribution in [0.4, 0.5) is 0 Å². The fourth-order valence-corrected chi connectivity index (χ4v) is 2.20. The maximum atomic E-state index is 11.8. The van der Waals surface area contributed by atoms with Gasteiger partial charge >= 0.3 is 0 Å². The third-order valence-electron chi connectivity index (χ3n) is 4.90. The summed E-state index contributed by atoms with van der Waals surface area (Å²) in [6.45, 7) is 8.67. The van der Waals surface area contributed by atoms with E-state index in [2.05, 4.69) is 0 Å². The van der Waals surface area contributed by atoms with Crippen LogP contribution in [0.1, 0.15) is 69.9 Å². The van der Waals surface area contributed by atoms with Gasteiger partial charge in [-0.1, -0.05) is 53.7 Å². The van der Waals surface area contributed by atoms with E-state index in [4.69, 9.17) is 24.4 Å².